The molecule has 0 radical (unpaired) electrons. The number of nitrogens with one attached hydrogen (secondary N) is 1. The maximum atomic E-state index is 5.33. The minimum absolute atomic E-state index is 0.590. The van der Waals surface area contributed by atoms with Crippen molar-refractivity contribution in [2.75, 3.05) is 26.7 Å². The zero-order chi connectivity index (χ0) is 15.2. The molecule has 0 spiro atoms. The van der Waals surface area contributed by atoms with E-state index in [-0.39, 0.29) is 0 Å². The Kier molecular flexibility index (Phi) is 6.00. The van der Waals surface area contributed by atoms with E-state index in [4.69, 9.17) is 4.74 Å². The fraction of sp³-hybridized carbons (Fsp3) is 0.706. The van der Waals surface area contributed by atoms with Gasteiger partial charge in [-0.2, -0.15) is 0 Å². The predicted octanol–water partition coefficient (Wildman–Crippen LogP) is 2.61. The lowest BCUT2D eigenvalue weighted by Crippen LogP contribution is -2.38. The van der Waals surface area contributed by atoms with Crippen molar-refractivity contribution in [2.45, 2.75) is 46.2 Å². The number of hydrogen-bond acceptors (Lipinski definition) is 4. The van der Waals surface area contributed by atoms with Crippen LogP contribution in [0.15, 0.2) is 12.1 Å². The smallest absolute Gasteiger partial charge is 0.122 e. The fourth-order valence-electron chi connectivity index (χ4n) is 2.88. The Morgan fingerprint density at radius 3 is 2.67 bits per heavy atom. The Hall–Kier alpha value is -1.13. The van der Waals surface area contributed by atoms with Crippen LogP contribution in [0, 0.1) is 12.8 Å². The maximum absolute atomic E-state index is 5.33. The highest BCUT2D eigenvalue weighted by atomic mass is 16.5. The van der Waals surface area contributed by atoms with Crippen LogP contribution in [-0.2, 0) is 6.54 Å². The molecule has 1 fully saturated rings. The molecule has 0 amide bonds. The largest absolute Gasteiger partial charge is 0.497 e. The summed E-state index contributed by atoms with van der Waals surface area (Å²) in [4.78, 5) is 7.13. The quantitative estimate of drug-likeness (QED) is 0.874. The van der Waals surface area contributed by atoms with Crippen LogP contribution in [0.4, 0.5) is 0 Å². The normalized spacial score (nSPS) is 17.4. The van der Waals surface area contributed by atoms with E-state index in [0.29, 0.717) is 6.04 Å². The zero-order valence-corrected chi connectivity index (χ0v) is 13.9. The van der Waals surface area contributed by atoms with Crippen molar-refractivity contribution < 1.29 is 4.74 Å². The number of pyridine rings is 1. The molecule has 2 rings (SSSR count). The highest BCUT2D eigenvalue weighted by molar-refractivity contribution is 5.26. The first-order valence-corrected chi connectivity index (χ1v) is 8.04. The molecule has 1 aromatic heterocycles. The predicted molar refractivity (Wildman–Crippen MR) is 86.7 cm³/mol. The number of methoxy groups -OCH3 is 1. The number of aromatic nitrogens is 1. The summed E-state index contributed by atoms with van der Waals surface area (Å²) < 4.78 is 5.33. The van der Waals surface area contributed by atoms with Crippen molar-refractivity contribution in [3.05, 3.63) is 23.5 Å². The van der Waals surface area contributed by atoms with Gasteiger partial charge in [0.1, 0.15) is 5.75 Å². The van der Waals surface area contributed by atoms with Crippen molar-refractivity contribution in [2.24, 2.45) is 5.92 Å². The van der Waals surface area contributed by atoms with Crippen molar-refractivity contribution in [3.8, 4) is 5.75 Å². The second kappa shape index (κ2) is 7.76. The first-order chi connectivity index (χ1) is 10.1. The van der Waals surface area contributed by atoms with Gasteiger partial charge in [0.05, 0.1) is 12.8 Å². The van der Waals surface area contributed by atoms with Crippen LogP contribution in [0.2, 0.25) is 0 Å². The monoisotopic (exact) mass is 291 g/mol. The summed E-state index contributed by atoms with van der Waals surface area (Å²) in [6, 6.07) is 4.62. The van der Waals surface area contributed by atoms with Gasteiger partial charge >= 0.3 is 0 Å². The van der Waals surface area contributed by atoms with Crippen molar-refractivity contribution in [1.29, 1.82) is 0 Å². The topological polar surface area (TPSA) is 37.4 Å². The third kappa shape index (κ3) is 5.29. The van der Waals surface area contributed by atoms with Gasteiger partial charge in [-0.05, 0) is 45.3 Å². The molecule has 1 N–H and O–H groups in total. The molecule has 1 aliphatic rings. The number of hydrogen-bond donors (Lipinski definition) is 1. The van der Waals surface area contributed by atoms with Crippen LogP contribution in [0.1, 0.15) is 38.1 Å². The first-order valence-electron chi connectivity index (χ1n) is 8.04. The summed E-state index contributed by atoms with van der Waals surface area (Å²) in [7, 11) is 1.71. The van der Waals surface area contributed by atoms with Crippen LogP contribution < -0.4 is 10.1 Å². The minimum atomic E-state index is 0.590. The molecule has 21 heavy (non-hydrogen) atoms. The molecule has 0 atom stereocenters. The van der Waals surface area contributed by atoms with Gasteiger partial charge in [0.25, 0.3) is 0 Å². The van der Waals surface area contributed by atoms with E-state index in [1.54, 1.807) is 7.11 Å². The molecule has 2 heterocycles. The summed E-state index contributed by atoms with van der Waals surface area (Å²) in [6.45, 7) is 10.9. The number of nitrogens with zero attached hydrogens (tertiary/aromatic N) is 2. The molecule has 4 heteroatoms. The molecule has 1 saturated heterocycles. The molecule has 0 aromatic carbocycles. The molecule has 1 aliphatic heterocycles. The highest BCUT2D eigenvalue weighted by Gasteiger charge is 2.19. The second-order valence-corrected chi connectivity index (χ2v) is 6.42. The van der Waals surface area contributed by atoms with Gasteiger partial charge in [0.2, 0.25) is 0 Å². The Labute approximate surface area is 128 Å². The molecule has 1 aromatic rings. The van der Waals surface area contributed by atoms with Gasteiger partial charge in [-0.25, -0.2) is 0 Å². The Balaban J connectivity index is 1.82. The number of likely N-dealkylation sites (tertiary alicyclic amines) is 1. The van der Waals surface area contributed by atoms with E-state index in [9.17, 15) is 0 Å². The number of ether oxygens (including phenoxy) is 1. The lowest BCUT2D eigenvalue weighted by atomic mass is 9.96. The Morgan fingerprint density at radius 1 is 1.33 bits per heavy atom. The van der Waals surface area contributed by atoms with E-state index >= 15 is 0 Å². The summed E-state index contributed by atoms with van der Waals surface area (Å²) in [5.41, 5.74) is 2.14. The van der Waals surface area contributed by atoms with Crippen LogP contribution in [-0.4, -0.2) is 42.7 Å². The van der Waals surface area contributed by atoms with E-state index < -0.39 is 0 Å². The Morgan fingerprint density at radius 2 is 2.05 bits per heavy atom. The molecule has 0 unspecified atom stereocenters. The molecular weight excluding hydrogens is 262 g/mol. The molecule has 4 nitrogen and oxygen atoms in total. The highest BCUT2D eigenvalue weighted by Crippen LogP contribution is 2.20. The summed E-state index contributed by atoms with van der Waals surface area (Å²) in [5.74, 6) is 1.73. The third-order valence-electron chi connectivity index (χ3n) is 4.12. The third-order valence-corrected chi connectivity index (χ3v) is 4.12. The Bertz CT molecular complexity index is 440. The molecule has 0 saturated carbocycles. The standard InChI is InChI=1S/C17H29N3O/c1-13(2)18-11-15-5-7-20(8-6-15)12-16-10-17(21-4)9-14(3)19-16/h9-10,13,15,18H,5-8,11-12H2,1-4H3. The minimum Gasteiger partial charge on any atom is -0.497 e. The van der Waals surface area contributed by atoms with E-state index in [1.807, 2.05) is 13.0 Å². The van der Waals surface area contributed by atoms with E-state index in [1.165, 1.54) is 25.9 Å². The van der Waals surface area contributed by atoms with Crippen molar-refractivity contribution in [3.63, 3.8) is 0 Å². The number of aryl methyl sites for hydroxylation is 1. The van der Waals surface area contributed by atoms with Crippen molar-refractivity contribution >= 4 is 0 Å². The van der Waals surface area contributed by atoms with Gasteiger partial charge in [0, 0.05) is 30.4 Å². The lowest BCUT2D eigenvalue weighted by molar-refractivity contribution is 0.172. The van der Waals surface area contributed by atoms with E-state index in [0.717, 1.165) is 36.1 Å². The number of rotatable bonds is 6. The SMILES string of the molecule is COc1cc(C)nc(CN2CCC(CNC(C)C)CC2)c1. The zero-order valence-electron chi connectivity index (χ0n) is 13.9. The lowest BCUT2D eigenvalue weighted by Gasteiger charge is -2.32. The van der Waals surface area contributed by atoms with Crippen molar-refractivity contribution in [1.82, 2.24) is 15.2 Å². The fourth-order valence-corrected chi connectivity index (χ4v) is 2.88. The average molecular weight is 291 g/mol. The van der Waals surface area contributed by atoms with Gasteiger partial charge in [0.15, 0.2) is 0 Å². The van der Waals surface area contributed by atoms with Crippen LogP contribution in [0.25, 0.3) is 0 Å². The molecule has 0 aliphatic carbocycles. The molecular formula is C17H29N3O. The molecule has 118 valence electrons. The summed E-state index contributed by atoms with van der Waals surface area (Å²) in [5, 5.41) is 3.55. The van der Waals surface area contributed by atoms with Crippen LogP contribution >= 0.6 is 0 Å². The summed E-state index contributed by atoms with van der Waals surface area (Å²) in [6.07, 6.45) is 2.56. The molecule has 0 bridgehead atoms. The maximum Gasteiger partial charge on any atom is 0.122 e. The second-order valence-electron chi connectivity index (χ2n) is 6.42. The van der Waals surface area contributed by atoms with Crippen LogP contribution in [0.3, 0.4) is 0 Å². The number of piperidine rings is 1. The first kappa shape index (κ1) is 16.2. The van der Waals surface area contributed by atoms with Gasteiger partial charge in [-0.1, -0.05) is 13.8 Å². The van der Waals surface area contributed by atoms with Crippen LogP contribution in [0.5, 0.6) is 5.75 Å². The van der Waals surface area contributed by atoms with E-state index in [2.05, 4.69) is 35.1 Å². The van der Waals surface area contributed by atoms with Gasteiger partial charge < -0.3 is 10.1 Å². The van der Waals surface area contributed by atoms with Gasteiger partial charge in [-0.3, -0.25) is 9.88 Å². The van der Waals surface area contributed by atoms with Gasteiger partial charge in [-0.15, -0.1) is 0 Å². The average Bonchev–Trinajstić information content (AvgIpc) is 2.46. The summed E-state index contributed by atoms with van der Waals surface area (Å²) >= 11 is 0.